The topological polar surface area (TPSA) is 72.4 Å². The van der Waals surface area contributed by atoms with Crippen LogP contribution in [0.4, 0.5) is 5.69 Å². The van der Waals surface area contributed by atoms with E-state index in [1.165, 1.54) is 12.1 Å². The highest BCUT2D eigenvalue weighted by molar-refractivity contribution is 6.20. The van der Waals surface area contributed by atoms with Crippen LogP contribution in [0, 0.1) is 11.3 Å². The Kier molecular flexibility index (Phi) is 3.26. The molecule has 0 atom stereocenters. The molecule has 0 amide bonds. The van der Waals surface area contributed by atoms with Crippen molar-refractivity contribution in [3.63, 3.8) is 0 Å². The van der Waals surface area contributed by atoms with Crippen LogP contribution in [-0.4, -0.2) is 61.0 Å². The number of fused-ring (bicyclic) bond motifs is 4. The van der Waals surface area contributed by atoms with E-state index in [0.717, 1.165) is 4.90 Å². The van der Waals surface area contributed by atoms with Gasteiger partial charge >= 0.3 is 0 Å². The van der Waals surface area contributed by atoms with Gasteiger partial charge in [-0.25, -0.2) is 0 Å². The van der Waals surface area contributed by atoms with Crippen molar-refractivity contribution in [2.24, 2.45) is 0 Å². The maximum atomic E-state index is 14.2. The summed E-state index contributed by atoms with van der Waals surface area (Å²) in [5, 5.41) is 9.91. The van der Waals surface area contributed by atoms with Gasteiger partial charge in [-0.1, -0.05) is 26.8 Å². The number of piperidine rings is 1. The van der Waals surface area contributed by atoms with Gasteiger partial charge in [-0.15, -0.1) is 0 Å². The number of hydrogen-bond donors (Lipinski definition) is 1. The Morgan fingerprint density at radius 2 is 2.06 bits per heavy atom. The van der Waals surface area contributed by atoms with Crippen molar-refractivity contribution in [3.8, 4) is 6.07 Å². The van der Waals surface area contributed by atoms with E-state index < -0.39 is 56.8 Å². The predicted octanol–water partition coefficient (Wildman–Crippen LogP) is 4.77. The summed E-state index contributed by atoms with van der Waals surface area (Å²) in [5.74, 6) is -0.501. The molecule has 3 heterocycles. The molecule has 1 N–H and O–H groups in total. The van der Waals surface area contributed by atoms with Gasteiger partial charge in [-0.05, 0) is 54.6 Å². The van der Waals surface area contributed by atoms with Gasteiger partial charge in [0.05, 0.1) is 30.4 Å². The third-order valence-corrected chi connectivity index (χ3v) is 7.02. The van der Waals surface area contributed by atoms with Crippen molar-refractivity contribution >= 4 is 22.4 Å². The Labute approximate surface area is 229 Å². The molecule has 36 heavy (non-hydrogen) atoms. The highest BCUT2D eigenvalue weighted by Gasteiger charge is 2.40. The number of morpholine rings is 1. The lowest BCUT2D eigenvalue weighted by Crippen LogP contribution is -2.49. The highest BCUT2D eigenvalue weighted by Crippen LogP contribution is 2.46. The van der Waals surface area contributed by atoms with E-state index in [2.05, 4.69) is 4.98 Å². The Morgan fingerprint density at radius 1 is 1.25 bits per heavy atom. The van der Waals surface area contributed by atoms with E-state index in [1.807, 2.05) is 6.07 Å². The van der Waals surface area contributed by atoms with Gasteiger partial charge in [0.1, 0.15) is 0 Å². The Balaban J connectivity index is 1.63. The van der Waals surface area contributed by atoms with Gasteiger partial charge in [0.15, 0.2) is 5.78 Å². The fourth-order valence-corrected chi connectivity index (χ4v) is 5.10. The van der Waals surface area contributed by atoms with Crippen LogP contribution in [0.1, 0.15) is 88.2 Å². The number of aromatic amines is 1. The van der Waals surface area contributed by atoms with E-state index in [-0.39, 0.29) is 73.3 Å². The number of hydrogen-bond acceptors (Lipinski definition) is 5. The van der Waals surface area contributed by atoms with E-state index in [1.54, 1.807) is 18.2 Å². The second kappa shape index (κ2) is 8.76. The minimum Gasteiger partial charge on any atom is -0.379 e. The molecule has 0 saturated carbocycles. The van der Waals surface area contributed by atoms with Crippen LogP contribution < -0.4 is 4.90 Å². The number of rotatable bonds is 3. The average Bonchev–Trinajstić information content (AvgIpc) is 3.44. The Bertz CT molecular complexity index is 1810. The first-order valence-corrected chi connectivity index (χ1v) is 11.7. The van der Waals surface area contributed by atoms with Gasteiger partial charge in [0, 0.05) is 81.8 Å². The Hall–Kier alpha value is -3.14. The minimum atomic E-state index is -3.38. The van der Waals surface area contributed by atoms with Crippen LogP contribution in [0.2, 0.25) is 0 Å². The Morgan fingerprint density at radius 3 is 2.78 bits per heavy atom. The lowest BCUT2D eigenvalue weighted by Gasteiger charge is -2.42. The normalized spacial score (nSPS) is 31.5. The molecule has 0 spiro atoms. The number of benzene rings is 2. The van der Waals surface area contributed by atoms with Gasteiger partial charge in [0.25, 0.3) is 0 Å². The summed E-state index contributed by atoms with van der Waals surface area (Å²) >= 11 is 0. The molecule has 2 aromatic carbocycles. The fourth-order valence-electron chi connectivity index (χ4n) is 5.10. The number of aromatic nitrogens is 1. The first-order valence-electron chi connectivity index (χ1n) is 18.4. The second-order valence-corrected chi connectivity index (χ2v) is 9.19. The largest absolute Gasteiger partial charge is 0.379 e. The number of ether oxygens (including phenoxy) is 1. The van der Waals surface area contributed by atoms with Gasteiger partial charge in [0.2, 0.25) is 0 Å². The molecule has 2 saturated heterocycles. The number of nitriles is 1. The summed E-state index contributed by atoms with van der Waals surface area (Å²) in [5.41, 5.74) is -0.520. The number of ketones is 1. The van der Waals surface area contributed by atoms with Crippen molar-refractivity contribution in [2.75, 3.05) is 44.2 Å². The van der Waals surface area contributed by atoms with Crippen LogP contribution in [0.15, 0.2) is 30.3 Å². The standard InChI is InChI=1S/C30H34N4O2/c1-4-20-16-23-24(17-26(20)34-9-7-21(8-10-34)33-11-13-36-14-12-33)30(2,3)29-27(28(23)35)22-6-5-19(18-31)15-25(22)32-29/h5-6,15-17,21,32H,4,7-14H2,1-3H3/i1D,2D,3D,7D2,8D2,9D2,10D2,21D. The zero-order valence-electron chi connectivity index (χ0n) is 31.7. The third kappa shape index (κ3) is 3.56. The van der Waals surface area contributed by atoms with Crippen LogP contribution in [0.5, 0.6) is 0 Å². The molecule has 0 unspecified atom stereocenters. The van der Waals surface area contributed by atoms with E-state index in [9.17, 15) is 11.4 Å². The number of nitrogens with zero attached hydrogens (tertiary/aromatic N) is 3. The summed E-state index contributed by atoms with van der Waals surface area (Å²) in [6.07, 6.45) is -6.90. The summed E-state index contributed by atoms with van der Waals surface area (Å²) in [7, 11) is 0. The van der Waals surface area contributed by atoms with Gasteiger partial charge in [-0.3, -0.25) is 9.69 Å². The lowest BCUT2D eigenvalue weighted by molar-refractivity contribution is 0.0115. The van der Waals surface area contributed by atoms with E-state index >= 15 is 0 Å². The van der Waals surface area contributed by atoms with Crippen molar-refractivity contribution in [1.29, 1.82) is 5.26 Å². The quantitative estimate of drug-likeness (QED) is 0.568. The monoisotopic (exact) mass is 494 g/mol. The van der Waals surface area contributed by atoms with E-state index in [0.29, 0.717) is 21.4 Å². The molecule has 6 rings (SSSR count). The van der Waals surface area contributed by atoms with Crippen LogP contribution >= 0.6 is 0 Å². The highest BCUT2D eigenvalue weighted by atomic mass is 16.5. The summed E-state index contributed by atoms with van der Waals surface area (Å²) in [6.45, 7) is -8.23. The van der Waals surface area contributed by atoms with Crippen molar-refractivity contribution in [1.82, 2.24) is 9.88 Å². The smallest absolute Gasteiger partial charge is 0.195 e. The van der Waals surface area contributed by atoms with Crippen molar-refractivity contribution in [2.45, 2.75) is 51.3 Å². The summed E-state index contributed by atoms with van der Waals surface area (Å²) in [4.78, 5) is 18.8. The average molecular weight is 495 g/mol. The lowest BCUT2D eigenvalue weighted by atomic mass is 9.70. The summed E-state index contributed by atoms with van der Waals surface area (Å²) < 4.78 is 113. The molecule has 186 valence electrons. The van der Waals surface area contributed by atoms with Crippen molar-refractivity contribution < 1.29 is 26.0 Å². The van der Waals surface area contributed by atoms with E-state index in [4.69, 9.17) is 19.8 Å². The molecule has 1 aromatic heterocycles. The molecule has 0 radical (unpaired) electrons. The second-order valence-electron chi connectivity index (χ2n) is 9.19. The molecule has 6 heteroatoms. The molecule has 2 fully saturated rings. The minimum absolute atomic E-state index is 0.0188. The van der Waals surface area contributed by atoms with Crippen LogP contribution in [0.25, 0.3) is 10.9 Å². The third-order valence-electron chi connectivity index (χ3n) is 7.02. The molecular formula is C30H34N4O2. The number of carbonyl (C=O) groups is 1. The summed E-state index contributed by atoms with van der Waals surface area (Å²) in [6, 6.07) is 6.27. The maximum absolute atomic E-state index is 14.2. The first-order chi connectivity index (χ1) is 22.4. The zero-order chi connectivity index (χ0) is 35.2. The molecule has 1 aliphatic carbocycles. The molecule has 3 aliphatic rings. The number of aryl methyl sites for hydroxylation is 1. The van der Waals surface area contributed by atoms with Crippen LogP contribution in [-0.2, 0) is 16.6 Å². The first kappa shape index (κ1) is 13.4. The van der Waals surface area contributed by atoms with Gasteiger partial charge in [-0.2, -0.15) is 5.26 Å². The predicted molar refractivity (Wildman–Crippen MR) is 142 cm³/mol. The SMILES string of the molecule is [2H]CCc1cc2c(cc1N1C([2H])([2H])C([2H])([2H])C([2H])(N3CCOCC3)C([2H])([2H])C1([2H])[2H])C(C[2H])(C[2H])c1[nH]c3cc(C#N)ccc3c1C2=O. The van der Waals surface area contributed by atoms with Crippen LogP contribution in [0.3, 0.4) is 0 Å². The van der Waals surface area contributed by atoms with Gasteiger partial charge < -0.3 is 14.6 Å². The number of carbonyl (C=O) groups excluding carboxylic acids is 1. The molecule has 2 aliphatic heterocycles. The molecule has 0 bridgehead atoms. The van der Waals surface area contributed by atoms with Crippen molar-refractivity contribution in [3.05, 3.63) is 63.8 Å². The number of H-pyrrole nitrogens is 1. The molecular weight excluding hydrogens is 448 g/mol. The number of nitrogens with one attached hydrogen (secondary N) is 1. The molecule has 6 nitrogen and oxygen atoms in total. The zero-order valence-corrected chi connectivity index (χ0v) is 19.7. The molecule has 3 aromatic rings. The maximum Gasteiger partial charge on any atom is 0.195 e. The fraction of sp³-hybridized carbons (Fsp3) is 0.467. The number of anilines is 1.